The summed E-state index contributed by atoms with van der Waals surface area (Å²) in [6.45, 7) is 2.26. The molecule has 0 radical (unpaired) electrons. The zero-order valence-electron chi connectivity index (χ0n) is 20.4. The van der Waals surface area contributed by atoms with Gasteiger partial charge in [-0.1, -0.05) is 35.9 Å². The third kappa shape index (κ3) is 5.20. The summed E-state index contributed by atoms with van der Waals surface area (Å²) in [4.78, 5) is 22.1. The fraction of sp³-hybridized carbons (Fsp3) is 0.333. The molecule has 9 heteroatoms. The van der Waals surface area contributed by atoms with Crippen molar-refractivity contribution in [3.8, 4) is 5.69 Å². The molecule has 0 unspecified atom stereocenters. The third-order valence-corrected chi connectivity index (χ3v) is 6.75. The molecule has 2 N–H and O–H groups in total. The summed E-state index contributed by atoms with van der Waals surface area (Å²) in [6.07, 6.45) is 3.64. The van der Waals surface area contributed by atoms with Crippen molar-refractivity contribution in [2.75, 3.05) is 12.4 Å². The molecule has 1 saturated carbocycles. The number of methoxy groups -OCH3 is 1. The number of hydrogen-bond donors (Lipinski definition) is 2. The van der Waals surface area contributed by atoms with Crippen molar-refractivity contribution in [3.63, 3.8) is 0 Å². The molecule has 0 atom stereocenters. The normalized spacial score (nSPS) is 17.8. The van der Waals surface area contributed by atoms with E-state index in [1.807, 2.05) is 61.5 Å². The van der Waals surface area contributed by atoms with Crippen LogP contribution in [0.5, 0.6) is 0 Å². The highest BCUT2D eigenvalue weighted by Crippen LogP contribution is 2.30. The average Bonchev–Trinajstić information content (AvgIpc) is 3.22. The summed E-state index contributed by atoms with van der Waals surface area (Å²) in [5.41, 5.74) is 3.07. The Hall–Kier alpha value is -3.49. The van der Waals surface area contributed by atoms with Crippen LogP contribution in [0.2, 0.25) is 5.02 Å². The van der Waals surface area contributed by atoms with Crippen molar-refractivity contribution in [3.05, 3.63) is 76.7 Å². The van der Waals surface area contributed by atoms with Gasteiger partial charge < -0.3 is 15.4 Å². The van der Waals surface area contributed by atoms with Gasteiger partial charge in [0.25, 0.3) is 5.91 Å². The van der Waals surface area contributed by atoms with E-state index in [-0.39, 0.29) is 18.0 Å². The lowest BCUT2D eigenvalue weighted by Gasteiger charge is -2.30. The van der Waals surface area contributed by atoms with Gasteiger partial charge >= 0.3 is 0 Å². The number of halogens is 1. The maximum atomic E-state index is 12.5. The van der Waals surface area contributed by atoms with Gasteiger partial charge in [0.15, 0.2) is 11.5 Å². The molecule has 2 heterocycles. The van der Waals surface area contributed by atoms with Gasteiger partial charge in [0.2, 0.25) is 0 Å². The minimum Gasteiger partial charge on any atom is -0.377 e. The topological polar surface area (TPSA) is 94.0 Å². The Balaban J connectivity index is 1.35. The van der Waals surface area contributed by atoms with Gasteiger partial charge in [-0.15, -0.1) is 0 Å². The second-order valence-electron chi connectivity index (χ2n) is 9.13. The van der Waals surface area contributed by atoms with E-state index >= 15 is 0 Å². The number of amides is 1. The molecule has 0 saturated heterocycles. The largest absolute Gasteiger partial charge is 0.377 e. The van der Waals surface area contributed by atoms with Gasteiger partial charge in [-0.2, -0.15) is 5.10 Å². The molecule has 0 aliphatic heterocycles. The number of rotatable bonds is 7. The lowest BCUT2D eigenvalue weighted by molar-refractivity contribution is 0.0926. The number of carbonyl (C=O) groups is 1. The summed E-state index contributed by atoms with van der Waals surface area (Å²) in [5, 5.41) is 13.1. The van der Waals surface area contributed by atoms with Gasteiger partial charge in [0.1, 0.15) is 12.4 Å². The van der Waals surface area contributed by atoms with Gasteiger partial charge in [0, 0.05) is 29.8 Å². The zero-order valence-corrected chi connectivity index (χ0v) is 21.1. The molecule has 2 aromatic heterocycles. The number of ether oxygens (including phenoxy) is 1. The summed E-state index contributed by atoms with van der Waals surface area (Å²) >= 11 is 6.24. The van der Waals surface area contributed by atoms with Crippen molar-refractivity contribution in [1.82, 2.24) is 25.1 Å². The molecule has 36 heavy (non-hydrogen) atoms. The number of aryl methyl sites for hydroxylation is 1. The number of benzene rings is 2. The smallest absolute Gasteiger partial charge is 0.251 e. The monoisotopic (exact) mass is 504 g/mol. The van der Waals surface area contributed by atoms with E-state index in [0.29, 0.717) is 28.7 Å². The van der Waals surface area contributed by atoms with Gasteiger partial charge in [0.05, 0.1) is 16.8 Å². The molecule has 1 aliphatic rings. The van der Waals surface area contributed by atoms with Crippen LogP contribution in [0.4, 0.5) is 5.82 Å². The lowest BCUT2D eigenvalue weighted by atomic mass is 9.91. The zero-order chi connectivity index (χ0) is 25.1. The second-order valence-corrected chi connectivity index (χ2v) is 9.57. The number of fused-ring (bicyclic) bond motifs is 1. The highest BCUT2D eigenvalue weighted by molar-refractivity contribution is 6.30. The van der Waals surface area contributed by atoms with Crippen LogP contribution in [0.1, 0.15) is 47.6 Å². The summed E-state index contributed by atoms with van der Waals surface area (Å²) in [5.74, 6) is 1.33. The van der Waals surface area contributed by atoms with Crippen LogP contribution in [0.25, 0.3) is 16.7 Å². The van der Waals surface area contributed by atoms with E-state index in [1.165, 1.54) is 0 Å². The quantitative estimate of drug-likeness (QED) is 0.364. The molecule has 1 fully saturated rings. The fourth-order valence-electron chi connectivity index (χ4n) is 4.75. The standard InChI is InChI=1S/C27H29ClN6O2/c1-17-24-25(29-20-11-13-21(14-12-20)30-27(35)18-7-4-3-5-8-18)31-23(16-36-2)32-26(24)34(33-17)22-10-6-9-19(28)15-22/h3-10,15,20-21H,11-14,16H2,1-2H3,(H,30,35)(H,29,31,32). The van der Waals surface area contributed by atoms with Crippen molar-refractivity contribution >= 4 is 34.4 Å². The first-order valence-corrected chi connectivity index (χ1v) is 12.5. The number of aromatic nitrogens is 4. The Morgan fingerprint density at radius 1 is 1.06 bits per heavy atom. The minimum atomic E-state index is -0.0159. The summed E-state index contributed by atoms with van der Waals surface area (Å²) in [7, 11) is 1.63. The summed E-state index contributed by atoms with van der Waals surface area (Å²) in [6, 6.07) is 17.3. The first kappa shape index (κ1) is 24.2. The maximum absolute atomic E-state index is 12.5. The van der Waals surface area contributed by atoms with E-state index in [1.54, 1.807) is 11.8 Å². The predicted octanol–water partition coefficient (Wildman–Crippen LogP) is 5.08. The molecule has 8 nitrogen and oxygen atoms in total. The van der Waals surface area contributed by atoms with E-state index in [4.69, 9.17) is 31.4 Å². The molecule has 1 amide bonds. The van der Waals surface area contributed by atoms with Crippen molar-refractivity contribution < 1.29 is 9.53 Å². The van der Waals surface area contributed by atoms with Crippen molar-refractivity contribution in [2.24, 2.45) is 0 Å². The summed E-state index contributed by atoms with van der Waals surface area (Å²) < 4.78 is 7.14. The van der Waals surface area contributed by atoms with Crippen LogP contribution in [-0.4, -0.2) is 44.8 Å². The second kappa shape index (κ2) is 10.6. The molecule has 0 spiro atoms. The number of carbonyl (C=O) groups excluding carboxylic acids is 1. The molecule has 1 aliphatic carbocycles. The Labute approximate surface area is 215 Å². The van der Waals surface area contributed by atoms with Crippen LogP contribution in [-0.2, 0) is 11.3 Å². The van der Waals surface area contributed by atoms with Crippen LogP contribution in [0.15, 0.2) is 54.6 Å². The molecular formula is C27H29ClN6O2. The Morgan fingerprint density at radius 3 is 2.53 bits per heavy atom. The van der Waals surface area contributed by atoms with Crippen LogP contribution in [0.3, 0.4) is 0 Å². The first-order valence-electron chi connectivity index (χ1n) is 12.2. The van der Waals surface area contributed by atoms with E-state index in [2.05, 4.69) is 10.6 Å². The Kier molecular flexibility index (Phi) is 7.16. The number of nitrogens with one attached hydrogen (secondary N) is 2. The van der Waals surface area contributed by atoms with Crippen LogP contribution < -0.4 is 10.6 Å². The highest BCUT2D eigenvalue weighted by atomic mass is 35.5. The molecule has 4 aromatic rings. The first-order chi connectivity index (χ1) is 17.5. The third-order valence-electron chi connectivity index (χ3n) is 6.51. The predicted molar refractivity (Wildman–Crippen MR) is 141 cm³/mol. The van der Waals surface area contributed by atoms with E-state index in [9.17, 15) is 4.79 Å². The van der Waals surface area contributed by atoms with Gasteiger partial charge in [-0.3, -0.25) is 4.79 Å². The SMILES string of the molecule is COCc1nc(NC2CCC(NC(=O)c3ccccc3)CC2)c2c(C)nn(-c3cccc(Cl)c3)c2n1. The minimum absolute atomic E-state index is 0.0159. The number of anilines is 1. The molecular weight excluding hydrogens is 476 g/mol. The van der Waals surface area contributed by atoms with Crippen LogP contribution in [0, 0.1) is 6.92 Å². The Morgan fingerprint density at radius 2 is 1.81 bits per heavy atom. The molecule has 5 rings (SSSR count). The van der Waals surface area contributed by atoms with Gasteiger partial charge in [-0.05, 0) is 62.9 Å². The molecule has 0 bridgehead atoms. The van der Waals surface area contributed by atoms with E-state index < -0.39 is 0 Å². The van der Waals surface area contributed by atoms with Gasteiger partial charge in [-0.25, -0.2) is 14.6 Å². The fourth-order valence-corrected chi connectivity index (χ4v) is 4.93. The Bertz CT molecular complexity index is 1370. The molecule has 2 aromatic carbocycles. The lowest BCUT2D eigenvalue weighted by Crippen LogP contribution is -2.40. The average molecular weight is 505 g/mol. The maximum Gasteiger partial charge on any atom is 0.251 e. The number of hydrogen-bond acceptors (Lipinski definition) is 6. The highest BCUT2D eigenvalue weighted by Gasteiger charge is 2.25. The van der Waals surface area contributed by atoms with Crippen molar-refractivity contribution in [1.29, 1.82) is 0 Å². The number of nitrogens with zero attached hydrogens (tertiary/aromatic N) is 4. The van der Waals surface area contributed by atoms with Crippen LogP contribution >= 0.6 is 11.6 Å². The van der Waals surface area contributed by atoms with Crippen molar-refractivity contribution in [2.45, 2.75) is 51.3 Å². The molecule has 186 valence electrons. The van der Waals surface area contributed by atoms with E-state index in [0.717, 1.165) is 48.3 Å².